The number of aromatic nitrogens is 4. The Bertz CT molecular complexity index is 1040. The second kappa shape index (κ2) is 8.47. The summed E-state index contributed by atoms with van der Waals surface area (Å²) in [5.41, 5.74) is 0.854. The van der Waals surface area contributed by atoms with Crippen LogP contribution in [-0.2, 0) is 16.1 Å². The zero-order chi connectivity index (χ0) is 20.1. The fourth-order valence-corrected chi connectivity index (χ4v) is 2.71. The molecule has 1 N–H and O–H groups in total. The van der Waals surface area contributed by atoms with Crippen molar-refractivity contribution in [3.8, 4) is 5.69 Å². The van der Waals surface area contributed by atoms with Crippen LogP contribution in [0.1, 0.15) is 13.3 Å². The van der Waals surface area contributed by atoms with Crippen LogP contribution in [0.2, 0.25) is 0 Å². The Morgan fingerprint density at radius 3 is 2.68 bits per heavy atom. The van der Waals surface area contributed by atoms with Crippen molar-refractivity contribution in [2.24, 2.45) is 0 Å². The summed E-state index contributed by atoms with van der Waals surface area (Å²) in [5.74, 6) is -0.590. The number of fused-ring (bicyclic) bond motifs is 1. The number of nitrogens with one attached hydrogen (secondary N) is 1. The summed E-state index contributed by atoms with van der Waals surface area (Å²) < 4.78 is 2.80. The molecule has 1 aromatic carbocycles. The van der Waals surface area contributed by atoms with Crippen LogP contribution in [0.4, 0.5) is 0 Å². The van der Waals surface area contributed by atoms with Crippen molar-refractivity contribution in [1.82, 2.24) is 29.5 Å². The van der Waals surface area contributed by atoms with E-state index in [9.17, 15) is 14.4 Å². The van der Waals surface area contributed by atoms with E-state index in [1.807, 2.05) is 37.3 Å². The summed E-state index contributed by atoms with van der Waals surface area (Å²) in [4.78, 5) is 42.4. The van der Waals surface area contributed by atoms with Gasteiger partial charge < -0.3 is 10.2 Å². The van der Waals surface area contributed by atoms with E-state index in [4.69, 9.17) is 0 Å². The molecule has 3 rings (SSSR count). The molecule has 0 aliphatic carbocycles. The van der Waals surface area contributed by atoms with Gasteiger partial charge in [-0.3, -0.25) is 19.0 Å². The number of hydrogen-bond donors (Lipinski definition) is 1. The third-order valence-electron chi connectivity index (χ3n) is 4.24. The quantitative estimate of drug-likeness (QED) is 0.644. The first-order valence-electron chi connectivity index (χ1n) is 9.00. The molecule has 0 aliphatic heterocycles. The number of amides is 2. The minimum Gasteiger partial charge on any atom is -0.355 e. The topological polar surface area (TPSA) is 102 Å². The number of likely N-dealkylation sites (N-methyl/N-ethyl adjacent to an activating group) is 1. The van der Waals surface area contributed by atoms with E-state index in [0.717, 1.165) is 12.1 Å². The van der Waals surface area contributed by atoms with Crippen LogP contribution in [-0.4, -0.2) is 56.2 Å². The number of para-hydroxylation sites is 1. The standard InChI is InChI=1S/C19H22N6O3/c1-3-9-20-16(26)11-23(2)17(27)12-24-13-21-18-15(19(24)28)10-22-25(18)14-7-5-4-6-8-14/h4-8,10,13H,3,9,11-12H2,1-2H3,(H,20,26). The fourth-order valence-electron chi connectivity index (χ4n) is 2.71. The molecule has 0 atom stereocenters. The fraction of sp³-hybridized carbons (Fsp3) is 0.316. The highest BCUT2D eigenvalue weighted by Crippen LogP contribution is 2.12. The van der Waals surface area contributed by atoms with Crippen molar-refractivity contribution in [1.29, 1.82) is 0 Å². The Morgan fingerprint density at radius 2 is 1.96 bits per heavy atom. The summed E-state index contributed by atoms with van der Waals surface area (Å²) in [5, 5.41) is 7.28. The average Bonchev–Trinajstić information content (AvgIpc) is 3.14. The van der Waals surface area contributed by atoms with E-state index in [-0.39, 0.29) is 30.5 Å². The van der Waals surface area contributed by atoms with Gasteiger partial charge in [0.25, 0.3) is 5.56 Å². The number of hydrogen-bond acceptors (Lipinski definition) is 5. The minimum atomic E-state index is -0.357. The Hall–Kier alpha value is -3.49. The van der Waals surface area contributed by atoms with Crippen molar-refractivity contribution in [2.75, 3.05) is 20.1 Å². The van der Waals surface area contributed by atoms with Gasteiger partial charge in [0.1, 0.15) is 18.3 Å². The number of carbonyl (C=O) groups is 2. The third kappa shape index (κ3) is 4.08. The van der Waals surface area contributed by atoms with Gasteiger partial charge in [-0.1, -0.05) is 25.1 Å². The average molecular weight is 382 g/mol. The SMILES string of the molecule is CCCNC(=O)CN(C)C(=O)Cn1cnc2c(cnn2-c2ccccc2)c1=O. The predicted octanol–water partition coefficient (Wildman–Crippen LogP) is 0.567. The molecule has 0 saturated heterocycles. The highest BCUT2D eigenvalue weighted by atomic mass is 16.2. The first kappa shape index (κ1) is 19.3. The lowest BCUT2D eigenvalue weighted by molar-refractivity contribution is -0.135. The lowest BCUT2D eigenvalue weighted by atomic mass is 10.3. The molecule has 2 aromatic heterocycles. The van der Waals surface area contributed by atoms with E-state index in [1.54, 1.807) is 4.68 Å². The molecule has 2 amide bonds. The van der Waals surface area contributed by atoms with Gasteiger partial charge in [0.2, 0.25) is 11.8 Å². The Kier molecular flexibility index (Phi) is 5.83. The second-order valence-corrected chi connectivity index (χ2v) is 6.41. The smallest absolute Gasteiger partial charge is 0.264 e. The van der Waals surface area contributed by atoms with Crippen LogP contribution in [0.3, 0.4) is 0 Å². The van der Waals surface area contributed by atoms with Crippen LogP contribution in [0.25, 0.3) is 16.7 Å². The van der Waals surface area contributed by atoms with Crippen LogP contribution in [0, 0.1) is 0 Å². The van der Waals surface area contributed by atoms with E-state index in [0.29, 0.717) is 17.6 Å². The van der Waals surface area contributed by atoms with Crippen molar-refractivity contribution in [3.05, 3.63) is 53.2 Å². The van der Waals surface area contributed by atoms with E-state index in [2.05, 4.69) is 15.4 Å². The number of benzene rings is 1. The normalized spacial score (nSPS) is 10.8. The van der Waals surface area contributed by atoms with Crippen LogP contribution in [0.15, 0.2) is 47.7 Å². The van der Waals surface area contributed by atoms with Crippen LogP contribution >= 0.6 is 0 Å². The van der Waals surface area contributed by atoms with Gasteiger partial charge in [0, 0.05) is 13.6 Å². The number of rotatable bonds is 7. The maximum Gasteiger partial charge on any atom is 0.264 e. The third-order valence-corrected chi connectivity index (χ3v) is 4.24. The molecule has 2 heterocycles. The molecular weight excluding hydrogens is 360 g/mol. The minimum absolute atomic E-state index is 0.0603. The maximum absolute atomic E-state index is 12.7. The summed E-state index contributed by atoms with van der Waals surface area (Å²) in [6.07, 6.45) is 3.59. The molecule has 0 saturated carbocycles. The zero-order valence-electron chi connectivity index (χ0n) is 15.8. The molecule has 146 valence electrons. The van der Waals surface area contributed by atoms with E-state index >= 15 is 0 Å². The van der Waals surface area contributed by atoms with Gasteiger partial charge in [-0.05, 0) is 18.6 Å². The molecular formula is C19H22N6O3. The molecule has 0 radical (unpaired) electrons. The maximum atomic E-state index is 12.7. The molecule has 0 spiro atoms. The lowest BCUT2D eigenvalue weighted by Gasteiger charge is -2.17. The first-order chi connectivity index (χ1) is 13.5. The molecule has 0 fully saturated rings. The molecule has 3 aromatic rings. The highest BCUT2D eigenvalue weighted by Gasteiger charge is 2.16. The molecule has 0 aliphatic rings. The molecule has 28 heavy (non-hydrogen) atoms. The highest BCUT2D eigenvalue weighted by molar-refractivity contribution is 5.84. The van der Waals surface area contributed by atoms with Gasteiger partial charge in [-0.15, -0.1) is 0 Å². The monoisotopic (exact) mass is 382 g/mol. The van der Waals surface area contributed by atoms with Crippen molar-refractivity contribution in [2.45, 2.75) is 19.9 Å². The van der Waals surface area contributed by atoms with Gasteiger partial charge in [-0.25, -0.2) is 9.67 Å². The summed E-state index contributed by atoms with van der Waals surface area (Å²) in [7, 11) is 1.53. The summed E-state index contributed by atoms with van der Waals surface area (Å²) >= 11 is 0. The largest absolute Gasteiger partial charge is 0.355 e. The molecule has 9 heteroatoms. The molecule has 0 unspecified atom stereocenters. The predicted molar refractivity (Wildman–Crippen MR) is 104 cm³/mol. The Balaban J connectivity index is 1.77. The van der Waals surface area contributed by atoms with Crippen molar-refractivity contribution in [3.63, 3.8) is 0 Å². The molecule has 0 bridgehead atoms. The van der Waals surface area contributed by atoms with Gasteiger partial charge >= 0.3 is 0 Å². The van der Waals surface area contributed by atoms with E-state index < -0.39 is 0 Å². The number of nitrogens with zero attached hydrogens (tertiary/aromatic N) is 5. The lowest BCUT2D eigenvalue weighted by Crippen LogP contribution is -2.41. The summed E-state index contributed by atoms with van der Waals surface area (Å²) in [6, 6.07) is 9.36. The van der Waals surface area contributed by atoms with E-state index in [1.165, 1.54) is 29.0 Å². The van der Waals surface area contributed by atoms with Crippen molar-refractivity contribution < 1.29 is 9.59 Å². The van der Waals surface area contributed by atoms with Gasteiger partial charge in [-0.2, -0.15) is 5.10 Å². The number of carbonyl (C=O) groups excluding carboxylic acids is 2. The van der Waals surface area contributed by atoms with Gasteiger partial charge in [0.05, 0.1) is 18.4 Å². The van der Waals surface area contributed by atoms with Crippen LogP contribution < -0.4 is 10.9 Å². The van der Waals surface area contributed by atoms with Gasteiger partial charge in [0.15, 0.2) is 5.65 Å². The first-order valence-corrected chi connectivity index (χ1v) is 9.00. The van der Waals surface area contributed by atoms with Crippen molar-refractivity contribution >= 4 is 22.8 Å². The summed E-state index contributed by atoms with van der Waals surface area (Å²) in [6.45, 7) is 2.25. The Morgan fingerprint density at radius 1 is 1.21 bits per heavy atom. The van der Waals surface area contributed by atoms with Crippen LogP contribution in [0.5, 0.6) is 0 Å². The zero-order valence-corrected chi connectivity index (χ0v) is 15.8. The Labute approximate surface area is 161 Å². The second-order valence-electron chi connectivity index (χ2n) is 6.41. The molecule has 9 nitrogen and oxygen atoms in total.